The van der Waals surface area contributed by atoms with Crippen molar-refractivity contribution in [3.05, 3.63) is 29.6 Å². The molecule has 1 rings (SSSR count). The summed E-state index contributed by atoms with van der Waals surface area (Å²) in [5.41, 5.74) is 6.74. The van der Waals surface area contributed by atoms with Gasteiger partial charge >= 0.3 is 0 Å². The Morgan fingerprint density at radius 1 is 1.36 bits per heavy atom. The van der Waals surface area contributed by atoms with Gasteiger partial charge in [-0.1, -0.05) is 19.9 Å². The van der Waals surface area contributed by atoms with Crippen molar-refractivity contribution in [1.29, 1.82) is 0 Å². The van der Waals surface area contributed by atoms with Gasteiger partial charge in [-0.3, -0.25) is 0 Å². The lowest BCUT2D eigenvalue weighted by Crippen LogP contribution is -1.99. The van der Waals surface area contributed by atoms with E-state index in [1.54, 1.807) is 12.1 Å². The Kier molecular flexibility index (Phi) is 2.13. The van der Waals surface area contributed by atoms with Crippen LogP contribution < -0.4 is 5.73 Å². The van der Waals surface area contributed by atoms with Gasteiger partial charge in [-0.2, -0.15) is 0 Å². The molecule has 0 radical (unpaired) electrons. The summed E-state index contributed by atoms with van der Waals surface area (Å²) >= 11 is 0. The van der Waals surface area contributed by atoms with Crippen molar-refractivity contribution >= 4 is 5.69 Å². The number of anilines is 1. The van der Waals surface area contributed by atoms with Crippen LogP contribution in [0.1, 0.15) is 25.3 Å². The summed E-state index contributed by atoms with van der Waals surface area (Å²) in [7, 11) is 0. The molecule has 0 saturated heterocycles. The predicted octanol–water partition coefficient (Wildman–Crippen LogP) is 2.53. The van der Waals surface area contributed by atoms with Gasteiger partial charge < -0.3 is 5.73 Å². The van der Waals surface area contributed by atoms with Crippen molar-refractivity contribution in [2.24, 2.45) is 0 Å². The van der Waals surface area contributed by atoms with Gasteiger partial charge in [-0.05, 0) is 18.1 Å². The molecule has 0 saturated carbocycles. The highest BCUT2D eigenvalue weighted by atomic mass is 19.1. The molecule has 0 spiro atoms. The van der Waals surface area contributed by atoms with Crippen LogP contribution in [0.2, 0.25) is 0 Å². The second-order valence-electron chi connectivity index (χ2n) is 2.90. The molecule has 0 bridgehead atoms. The molecule has 1 aromatic carbocycles. The maximum absolute atomic E-state index is 13.0. The third-order valence-electron chi connectivity index (χ3n) is 1.66. The van der Waals surface area contributed by atoms with Gasteiger partial charge in [0.05, 0.1) is 0 Å². The minimum absolute atomic E-state index is 0.149. The molecular formula is C9H12FN. The van der Waals surface area contributed by atoms with E-state index in [1.165, 1.54) is 6.07 Å². The first-order valence-corrected chi connectivity index (χ1v) is 3.67. The molecule has 1 aromatic rings. The van der Waals surface area contributed by atoms with E-state index >= 15 is 0 Å². The van der Waals surface area contributed by atoms with E-state index in [4.69, 9.17) is 5.73 Å². The van der Waals surface area contributed by atoms with Gasteiger partial charge in [0.2, 0.25) is 0 Å². The van der Waals surface area contributed by atoms with Crippen molar-refractivity contribution in [3.63, 3.8) is 0 Å². The summed E-state index contributed by atoms with van der Waals surface area (Å²) in [5.74, 6) is -0.0591. The van der Waals surface area contributed by atoms with Crippen molar-refractivity contribution < 1.29 is 4.39 Å². The molecular weight excluding hydrogens is 141 g/mol. The van der Waals surface area contributed by atoms with Gasteiger partial charge in [0.25, 0.3) is 0 Å². The number of benzene rings is 1. The highest BCUT2D eigenvalue weighted by molar-refractivity contribution is 5.48. The molecule has 0 aromatic heterocycles. The zero-order valence-electron chi connectivity index (χ0n) is 6.76. The van der Waals surface area contributed by atoms with Gasteiger partial charge in [0, 0.05) is 11.3 Å². The summed E-state index contributed by atoms with van der Waals surface area (Å²) < 4.78 is 13.0. The van der Waals surface area contributed by atoms with Crippen LogP contribution in [0.25, 0.3) is 0 Å². The molecule has 0 heterocycles. The molecule has 0 aliphatic heterocycles. The summed E-state index contributed by atoms with van der Waals surface area (Å²) in [6.45, 7) is 3.85. The summed E-state index contributed by atoms with van der Waals surface area (Å²) in [6, 6.07) is 4.78. The van der Waals surface area contributed by atoms with Gasteiger partial charge in [0.15, 0.2) is 0 Å². The molecule has 60 valence electrons. The predicted molar refractivity (Wildman–Crippen MR) is 44.9 cm³/mol. The van der Waals surface area contributed by atoms with E-state index in [0.29, 0.717) is 11.3 Å². The number of nitrogen functional groups attached to an aromatic ring is 1. The first-order chi connectivity index (χ1) is 5.13. The van der Waals surface area contributed by atoms with Crippen molar-refractivity contribution in [2.75, 3.05) is 5.73 Å². The minimum Gasteiger partial charge on any atom is -0.398 e. The van der Waals surface area contributed by atoms with Crippen LogP contribution in [0, 0.1) is 5.82 Å². The molecule has 11 heavy (non-hydrogen) atoms. The van der Waals surface area contributed by atoms with Crippen LogP contribution in [0.4, 0.5) is 10.1 Å². The molecule has 2 N–H and O–H groups in total. The number of rotatable bonds is 1. The first-order valence-electron chi connectivity index (χ1n) is 3.67. The maximum Gasteiger partial charge on any atom is 0.128 e. The zero-order valence-corrected chi connectivity index (χ0v) is 6.76. The summed E-state index contributed by atoms with van der Waals surface area (Å²) in [6.07, 6.45) is 0. The highest BCUT2D eigenvalue weighted by Crippen LogP contribution is 2.23. The lowest BCUT2D eigenvalue weighted by atomic mass is 10.0. The second-order valence-corrected chi connectivity index (χ2v) is 2.90. The quantitative estimate of drug-likeness (QED) is 0.616. The standard InChI is InChI=1S/C9H12FN/c1-6(2)9-7(10)4-3-5-8(9)11/h3-6H,11H2,1-2H3. The van der Waals surface area contributed by atoms with Crippen molar-refractivity contribution in [3.8, 4) is 0 Å². The van der Waals surface area contributed by atoms with Crippen LogP contribution in [-0.4, -0.2) is 0 Å². The molecule has 0 unspecified atom stereocenters. The number of nitrogens with two attached hydrogens (primary N) is 1. The molecule has 1 nitrogen and oxygen atoms in total. The van der Waals surface area contributed by atoms with Gasteiger partial charge in [0.1, 0.15) is 5.82 Å². The number of halogens is 1. The average molecular weight is 153 g/mol. The second kappa shape index (κ2) is 2.91. The Bertz CT molecular complexity index is 235. The van der Waals surface area contributed by atoms with E-state index < -0.39 is 0 Å². The Labute approximate surface area is 66.0 Å². The van der Waals surface area contributed by atoms with Crippen LogP contribution in [0.15, 0.2) is 18.2 Å². The highest BCUT2D eigenvalue weighted by Gasteiger charge is 2.08. The van der Waals surface area contributed by atoms with Gasteiger partial charge in [-0.15, -0.1) is 0 Å². The number of hydrogen-bond donors (Lipinski definition) is 1. The maximum atomic E-state index is 13.0. The Balaban J connectivity index is 3.21. The molecule has 0 aliphatic carbocycles. The van der Waals surface area contributed by atoms with E-state index in [9.17, 15) is 4.39 Å². The third-order valence-corrected chi connectivity index (χ3v) is 1.66. The Hall–Kier alpha value is -1.05. The fourth-order valence-corrected chi connectivity index (χ4v) is 1.16. The molecule has 0 amide bonds. The fraction of sp³-hybridized carbons (Fsp3) is 0.333. The smallest absolute Gasteiger partial charge is 0.128 e. The Morgan fingerprint density at radius 3 is 2.36 bits per heavy atom. The molecule has 0 fully saturated rings. The lowest BCUT2D eigenvalue weighted by Gasteiger charge is -2.09. The first kappa shape index (κ1) is 8.05. The molecule has 0 atom stereocenters. The van der Waals surface area contributed by atoms with Crippen LogP contribution in [-0.2, 0) is 0 Å². The van der Waals surface area contributed by atoms with E-state index in [1.807, 2.05) is 13.8 Å². The van der Waals surface area contributed by atoms with Crippen LogP contribution in [0.3, 0.4) is 0 Å². The zero-order chi connectivity index (χ0) is 8.43. The topological polar surface area (TPSA) is 26.0 Å². The van der Waals surface area contributed by atoms with Crippen LogP contribution >= 0.6 is 0 Å². The van der Waals surface area contributed by atoms with E-state index in [2.05, 4.69) is 0 Å². The third kappa shape index (κ3) is 1.50. The monoisotopic (exact) mass is 153 g/mol. The normalized spacial score (nSPS) is 10.5. The fourth-order valence-electron chi connectivity index (χ4n) is 1.16. The summed E-state index contributed by atoms with van der Waals surface area (Å²) in [5, 5.41) is 0. The van der Waals surface area contributed by atoms with Crippen molar-refractivity contribution in [2.45, 2.75) is 19.8 Å². The van der Waals surface area contributed by atoms with E-state index in [-0.39, 0.29) is 11.7 Å². The molecule has 0 aliphatic rings. The van der Waals surface area contributed by atoms with Crippen LogP contribution in [0.5, 0.6) is 0 Å². The minimum atomic E-state index is -0.208. The van der Waals surface area contributed by atoms with E-state index in [0.717, 1.165) is 0 Å². The number of hydrogen-bond acceptors (Lipinski definition) is 1. The SMILES string of the molecule is CC(C)c1c(N)cccc1F. The molecule has 2 heteroatoms. The van der Waals surface area contributed by atoms with Crippen molar-refractivity contribution in [1.82, 2.24) is 0 Å². The average Bonchev–Trinajstić information content (AvgIpc) is 1.85. The Morgan fingerprint density at radius 2 is 2.00 bits per heavy atom. The van der Waals surface area contributed by atoms with Gasteiger partial charge in [-0.25, -0.2) is 4.39 Å². The lowest BCUT2D eigenvalue weighted by molar-refractivity contribution is 0.600. The largest absolute Gasteiger partial charge is 0.398 e. The summed E-state index contributed by atoms with van der Waals surface area (Å²) in [4.78, 5) is 0.